The summed E-state index contributed by atoms with van der Waals surface area (Å²) in [6, 6.07) is 13.5. The third-order valence-electron chi connectivity index (χ3n) is 2.93. The first-order valence-electron chi connectivity index (χ1n) is 6.38. The summed E-state index contributed by atoms with van der Waals surface area (Å²) in [6.07, 6.45) is 0.352. The van der Waals surface area contributed by atoms with Crippen LogP contribution in [0, 0.1) is 12.3 Å². The molecule has 0 saturated carbocycles. The van der Waals surface area contributed by atoms with Gasteiger partial charge in [-0.15, -0.1) is 0 Å². The van der Waals surface area contributed by atoms with Crippen molar-refractivity contribution in [1.82, 2.24) is 0 Å². The minimum Gasteiger partial charge on any atom is -0.387 e. The van der Waals surface area contributed by atoms with E-state index in [0.717, 1.165) is 11.1 Å². The largest absolute Gasteiger partial charge is 0.387 e. The molecule has 110 valence electrons. The van der Waals surface area contributed by atoms with E-state index in [1.165, 1.54) is 0 Å². The molecule has 0 aliphatic heterocycles. The van der Waals surface area contributed by atoms with Crippen molar-refractivity contribution in [2.75, 3.05) is 4.72 Å². The number of anilines is 1. The summed E-state index contributed by atoms with van der Waals surface area (Å²) in [7, 11) is -3.58. The van der Waals surface area contributed by atoms with Gasteiger partial charge in [0.05, 0.1) is 10.7 Å². The lowest BCUT2D eigenvalue weighted by Gasteiger charge is -2.09. The van der Waals surface area contributed by atoms with E-state index >= 15 is 0 Å². The molecule has 0 atom stereocenters. The zero-order chi connectivity index (χ0) is 15.5. The normalized spacial score (nSPS) is 11.1. The van der Waals surface area contributed by atoms with E-state index in [1.54, 1.807) is 48.5 Å². The average Bonchev–Trinajstić information content (AvgIpc) is 2.40. The van der Waals surface area contributed by atoms with Gasteiger partial charge in [0, 0.05) is 12.1 Å². The molecule has 0 radical (unpaired) electrons. The van der Waals surface area contributed by atoms with E-state index in [4.69, 9.17) is 11.1 Å². The van der Waals surface area contributed by atoms with E-state index in [-0.39, 0.29) is 10.7 Å². The smallest absolute Gasteiger partial charge is 0.261 e. The lowest BCUT2D eigenvalue weighted by Crippen LogP contribution is -2.14. The fraction of sp³-hybridized carbons (Fsp3) is 0.133. The van der Waals surface area contributed by atoms with Crippen LogP contribution in [-0.4, -0.2) is 14.3 Å². The Morgan fingerprint density at radius 1 is 1.10 bits per heavy atom. The maximum atomic E-state index is 12.2. The minimum absolute atomic E-state index is 0.0722. The number of aryl methyl sites for hydroxylation is 1. The molecule has 0 saturated heterocycles. The molecule has 5 nitrogen and oxygen atoms in total. The van der Waals surface area contributed by atoms with Gasteiger partial charge in [0.15, 0.2) is 0 Å². The molecule has 4 N–H and O–H groups in total. The molecule has 0 fully saturated rings. The molecule has 2 aromatic rings. The molecule has 0 aliphatic carbocycles. The van der Waals surface area contributed by atoms with Crippen LogP contribution in [0.2, 0.25) is 0 Å². The van der Waals surface area contributed by atoms with Gasteiger partial charge in [0.1, 0.15) is 0 Å². The van der Waals surface area contributed by atoms with E-state index in [9.17, 15) is 8.42 Å². The number of nitrogens with two attached hydrogens (primary N) is 1. The molecule has 0 spiro atoms. The number of hydrogen-bond donors (Lipinski definition) is 3. The Labute approximate surface area is 124 Å². The highest BCUT2D eigenvalue weighted by Gasteiger charge is 2.13. The lowest BCUT2D eigenvalue weighted by molar-refractivity contribution is 0.601. The second kappa shape index (κ2) is 5.97. The molecule has 2 aromatic carbocycles. The molecule has 0 aliphatic rings. The molecule has 0 heterocycles. The highest BCUT2D eigenvalue weighted by Crippen LogP contribution is 2.17. The van der Waals surface area contributed by atoms with Crippen molar-refractivity contribution in [2.45, 2.75) is 18.2 Å². The van der Waals surface area contributed by atoms with Crippen molar-refractivity contribution in [3.8, 4) is 0 Å². The Kier molecular flexibility index (Phi) is 4.28. The van der Waals surface area contributed by atoms with Gasteiger partial charge in [-0.2, -0.15) is 0 Å². The maximum absolute atomic E-state index is 12.2. The van der Waals surface area contributed by atoms with Crippen molar-refractivity contribution < 1.29 is 8.42 Å². The Morgan fingerprint density at radius 3 is 2.19 bits per heavy atom. The van der Waals surface area contributed by atoms with E-state index < -0.39 is 10.0 Å². The molecular weight excluding hydrogens is 286 g/mol. The van der Waals surface area contributed by atoms with Gasteiger partial charge in [0.2, 0.25) is 0 Å². The fourth-order valence-electron chi connectivity index (χ4n) is 1.84. The molecule has 6 heteroatoms. The third kappa shape index (κ3) is 4.06. The Morgan fingerprint density at radius 2 is 1.67 bits per heavy atom. The summed E-state index contributed by atoms with van der Waals surface area (Å²) >= 11 is 0. The number of nitrogens with one attached hydrogen (secondary N) is 2. The second-order valence-electron chi connectivity index (χ2n) is 4.82. The van der Waals surface area contributed by atoms with Gasteiger partial charge in [-0.05, 0) is 36.8 Å². The van der Waals surface area contributed by atoms with Crippen LogP contribution in [0.1, 0.15) is 11.1 Å². The van der Waals surface area contributed by atoms with Crippen LogP contribution in [0.4, 0.5) is 5.69 Å². The van der Waals surface area contributed by atoms with Gasteiger partial charge in [-0.3, -0.25) is 10.1 Å². The molecule has 0 bridgehead atoms. The van der Waals surface area contributed by atoms with Crippen LogP contribution in [-0.2, 0) is 16.4 Å². The molecule has 2 rings (SSSR count). The summed E-state index contributed by atoms with van der Waals surface area (Å²) in [6.45, 7) is 1.90. The number of hydrogen-bond acceptors (Lipinski definition) is 3. The van der Waals surface area contributed by atoms with Crippen LogP contribution in [0.25, 0.3) is 0 Å². The van der Waals surface area contributed by atoms with E-state index in [2.05, 4.69) is 4.72 Å². The van der Waals surface area contributed by atoms with Gasteiger partial charge < -0.3 is 5.73 Å². The van der Waals surface area contributed by atoms with Gasteiger partial charge >= 0.3 is 0 Å². The first-order chi connectivity index (χ1) is 9.87. The summed E-state index contributed by atoms with van der Waals surface area (Å²) in [5.74, 6) is 0.0722. The quantitative estimate of drug-likeness (QED) is 0.584. The lowest BCUT2D eigenvalue weighted by atomic mass is 10.1. The fourth-order valence-corrected chi connectivity index (χ4v) is 2.90. The zero-order valence-electron chi connectivity index (χ0n) is 11.6. The average molecular weight is 303 g/mol. The summed E-state index contributed by atoms with van der Waals surface area (Å²) in [5.41, 5.74) is 7.66. The second-order valence-corrected chi connectivity index (χ2v) is 6.50. The zero-order valence-corrected chi connectivity index (χ0v) is 12.4. The molecule has 0 unspecified atom stereocenters. The molecule has 0 aromatic heterocycles. The third-order valence-corrected chi connectivity index (χ3v) is 4.33. The first-order valence-corrected chi connectivity index (χ1v) is 7.86. The summed E-state index contributed by atoms with van der Waals surface area (Å²) < 4.78 is 26.9. The Hall–Kier alpha value is -2.34. The van der Waals surface area contributed by atoms with Gasteiger partial charge in [-0.1, -0.05) is 29.8 Å². The van der Waals surface area contributed by atoms with Crippen LogP contribution in [0.15, 0.2) is 53.4 Å². The number of benzene rings is 2. The number of rotatable bonds is 5. The standard InChI is InChI=1S/C15H17N3O2S/c1-11-2-8-14(9-3-11)21(19,20)18-13-6-4-12(5-7-13)10-15(16)17/h2-9,18H,10H2,1H3,(H3,16,17). The van der Waals surface area contributed by atoms with Crippen LogP contribution >= 0.6 is 0 Å². The number of amidine groups is 1. The van der Waals surface area contributed by atoms with Crippen LogP contribution in [0.5, 0.6) is 0 Å². The van der Waals surface area contributed by atoms with Crippen molar-refractivity contribution in [2.24, 2.45) is 5.73 Å². The topological polar surface area (TPSA) is 96.0 Å². The van der Waals surface area contributed by atoms with Crippen LogP contribution in [0.3, 0.4) is 0 Å². The Balaban J connectivity index is 2.16. The first kappa shape index (κ1) is 15.1. The molecular formula is C15H17N3O2S. The minimum atomic E-state index is -3.58. The summed E-state index contributed by atoms with van der Waals surface area (Å²) in [4.78, 5) is 0.223. The van der Waals surface area contributed by atoms with Crippen molar-refractivity contribution in [3.05, 3.63) is 59.7 Å². The highest BCUT2D eigenvalue weighted by molar-refractivity contribution is 7.92. The molecule has 0 amide bonds. The van der Waals surface area contributed by atoms with Crippen molar-refractivity contribution in [3.63, 3.8) is 0 Å². The summed E-state index contributed by atoms with van der Waals surface area (Å²) in [5, 5.41) is 7.23. The highest BCUT2D eigenvalue weighted by atomic mass is 32.2. The van der Waals surface area contributed by atoms with Crippen molar-refractivity contribution >= 4 is 21.5 Å². The molecule has 21 heavy (non-hydrogen) atoms. The van der Waals surface area contributed by atoms with E-state index in [1.807, 2.05) is 6.92 Å². The monoisotopic (exact) mass is 303 g/mol. The maximum Gasteiger partial charge on any atom is 0.261 e. The predicted octanol–water partition coefficient (Wildman–Crippen LogP) is 2.27. The van der Waals surface area contributed by atoms with E-state index in [0.29, 0.717) is 12.1 Å². The van der Waals surface area contributed by atoms with Gasteiger partial charge in [-0.25, -0.2) is 8.42 Å². The van der Waals surface area contributed by atoms with Crippen LogP contribution < -0.4 is 10.5 Å². The SMILES string of the molecule is Cc1ccc(S(=O)(=O)Nc2ccc(CC(=N)N)cc2)cc1. The van der Waals surface area contributed by atoms with Gasteiger partial charge in [0.25, 0.3) is 10.0 Å². The number of sulfonamides is 1. The predicted molar refractivity (Wildman–Crippen MR) is 84.0 cm³/mol. The van der Waals surface area contributed by atoms with Crippen molar-refractivity contribution in [1.29, 1.82) is 5.41 Å². The Bertz CT molecular complexity index is 735.